The molecule has 1 aromatic rings. The standard InChI is InChI=1S/C18H27N5O3.ClH/c19-17(23-16(24)15-9-6-12-20-15)21-10-4-5-11-22-18(25)26-13-14-7-2-1-3-8-14;/h1-3,7-8,15,20H,4-6,9-13H2,(H,22,25)(H3,19,21,23,24);1H/t15-;/m0./s1. The second kappa shape index (κ2) is 12.9. The fourth-order valence-electron chi connectivity index (χ4n) is 2.56. The summed E-state index contributed by atoms with van der Waals surface area (Å²) in [7, 11) is 0. The van der Waals surface area contributed by atoms with E-state index in [9.17, 15) is 9.59 Å². The van der Waals surface area contributed by atoms with Gasteiger partial charge in [0, 0.05) is 13.1 Å². The molecule has 27 heavy (non-hydrogen) atoms. The maximum atomic E-state index is 11.8. The third-order valence-corrected chi connectivity index (χ3v) is 3.98. The molecule has 1 heterocycles. The number of carbonyl (C=O) groups excluding carboxylic acids is 2. The van der Waals surface area contributed by atoms with Crippen molar-refractivity contribution in [3.8, 4) is 0 Å². The highest BCUT2D eigenvalue weighted by Crippen LogP contribution is 2.04. The summed E-state index contributed by atoms with van der Waals surface area (Å²) in [5, 5.41) is 8.39. The van der Waals surface area contributed by atoms with Crippen molar-refractivity contribution >= 4 is 30.4 Å². The van der Waals surface area contributed by atoms with Crippen LogP contribution in [0.25, 0.3) is 0 Å². The zero-order chi connectivity index (χ0) is 18.6. The Morgan fingerprint density at radius 3 is 2.74 bits per heavy atom. The minimum Gasteiger partial charge on any atom is -0.445 e. The van der Waals surface area contributed by atoms with Crippen LogP contribution in [0.2, 0.25) is 0 Å². The molecule has 150 valence electrons. The number of nitrogens with zero attached hydrogens (tertiary/aromatic N) is 1. The van der Waals surface area contributed by atoms with Crippen molar-refractivity contribution in [2.45, 2.75) is 38.3 Å². The minimum atomic E-state index is -0.437. The third-order valence-electron chi connectivity index (χ3n) is 3.98. The summed E-state index contributed by atoms with van der Waals surface area (Å²) < 4.78 is 5.11. The lowest BCUT2D eigenvalue weighted by atomic mass is 10.2. The van der Waals surface area contributed by atoms with Crippen LogP contribution >= 0.6 is 12.4 Å². The lowest BCUT2D eigenvalue weighted by molar-refractivity contribution is -0.121. The van der Waals surface area contributed by atoms with Crippen LogP contribution in [-0.4, -0.2) is 43.6 Å². The zero-order valence-corrected chi connectivity index (χ0v) is 16.1. The summed E-state index contributed by atoms with van der Waals surface area (Å²) in [4.78, 5) is 27.5. The van der Waals surface area contributed by atoms with Gasteiger partial charge in [0.05, 0.1) is 6.04 Å². The maximum absolute atomic E-state index is 11.8. The molecule has 0 aromatic heterocycles. The van der Waals surface area contributed by atoms with Crippen molar-refractivity contribution < 1.29 is 14.3 Å². The summed E-state index contributed by atoms with van der Waals surface area (Å²) in [6, 6.07) is 9.34. The van der Waals surface area contributed by atoms with E-state index in [0.29, 0.717) is 13.1 Å². The van der Waals surface area contributed by atoms with E-state index in [1.165, 1.54) is 0 Å². The topological polar surface area (TPSA) is 118 Å². The molecule has 0 radical (unpaired) electrons. The summed E-state index contributed by atoms with van der Waals surface area (Å²) in [5.41, 5.74) is 6.65. The Morgan fingerprint density at radius 2 is 2.04 bits per heavy atom. The molecule has 1 aromatic carbocycles. The van der Waals surface area contributed by atoms with Gasteiger partial charge in [-0.2, -0.15) is 0 Å². The summed E-state index contributed by atoms with van der Waals surface area (Å²) in [6.07, 6.45) is 2.88. The first-order chi connectivity index (χ1) is 12.6. The van der Waals surface area contributed by atoms with Crippen LogP contribution in [0, 0.1) is 0 Å². The Hall–Kier alpha value is -2.32. The molecule has 0 saturated carbocycles. The van der Waals surface area contributed by atoms with Crippen LogP contribution in [0.15, 0.2) is 35.3 Å². The van der Waals surface area contributed by atoms with Crippen LogP contribution in [0.3, 0.4) is 0 Å². The average molecular weight is 398 g/mol. The van der Waals surface area contributed by atoms with Crippen LogP contribution in [-0.2, 0) is 16.1 Å². The lowest BCUT2D eigenvalue weighted by Crippen LogP contribution is -2.46. The zero-order valence-electron chi connectivity index (χ0n) is 15.3. The number of nitrogens with one attached hydrogen (secondary N) is 3. The molecule has 2 rings (SSSR count). The number of guanidine groups is 1. The van der Waals surface area contributed by atoms with E-state index < -0.39 is 6.09 Å². The maximum Gasteiger partial charge on any atom is 0.407 e. The molecule has 9 heteroatoms. The third kappa shape index (κ3) is 9.25. The normalized spacial score (nSPS) is 16.3. The van der Waals surface area contributed by atoms with Gasteiger partial charge in [0.2, 0.25) is 5.91 Å². The number of ether oxygens (including phenoxy) is 1. The summed E-state index contributed by atoms with van der Waals surface area (Å²) in [5.74, 6) is 0.00510. The van der Waals surface area contributed by atoms with Crippen molar-refractivity contribution in [1.29, 1.82) is 0 Å². The summed E-state index contributed by atoms with van der Waals surface area (Å²) >= 11 is 0. The second-order valence-electron chi connectivity index (χ2n) is 6.10. The Balaban J connectivity index is 0.00000364. The molecular formula is C18H28ClN5O3. The fraction of sp³-hybridized carbons (Fsp3) is 0.500. The number of alkyl carbamates (subject to hydrolysis) is 1. The second-order valence-corrected chi connectivity index (χ2v) is 6.10. The van der Waals surface area contributed by atoms with Gasteiger partial charge in [0.25, 0.3) is 0 Å². The van der Waals surface area contributed by atoms with Gasteiger partial charge in [-0.25, -0.2) is 4.79 Å². The number of hydrogen-bond acceptors (Lipinski definition) is 5. The molecule has 1 atom stereocenters. The van der Waals surface area contributed by atoms with Gasteiger partial charge in [-0.05, 0) is 37.8 Å². The van der Waals surface area contributed by atoms with E-state index in [1.54, 1.807) is 0 Å². The number of halogens is 1. The molecule has 0 spiro atoms. The number of rotatable bonds is 8. The Bertz CT molecular complexity index is 606. The van der Waals surface area contributed by atoms with Gasteiger partial charge in [0.15, 0.2) is 5.96 Å². The van der Waals surface area contributed by atoms with Crippen LogP contribution in [0.4, 0.5) is 4.79 Å². The largest absolute Gasteiger partial charge is 0.445 e. The first-order valence-corrected chi connectivity index (χ1v) is 8.94. The number of amides is 2. The quantitative estimate of drug-likeness (QED) is 0.299. The van der Waals surface area contributed by atoms with Gasteiger partial charge in [-0.3, -0.25) is 15.1 Å². The molecular weight excluding hydrogens is 370 g/mol. The number of benzene rings is 1. The predicted octanol–water partition coefficient (Wildman–Crippen LogP) is 1.30. The number of nitrogens with two attached hydrogens (primary N) is 1. The van der Waals surface area contributed by atoms with E-state index in [4.69, 9.17) is 10.5 Å². The number of aliphatic imine (C=N–C) groups is 1. The van der Waals surface area contributed by atoms with Crippen molar-refractivity contribution in [3.63, 3.8) is 0 Å². The van der Waals surface area contributed by atoms with Crippen molar-refractivity contribution in [3.05, 3.63) is 35.9 Å². The minimum absolute atomic E-state index is 0. The van der Waals surface area contributed by atoms with Crippen molar-refractivity contribution in [2.75, 3.05) is 19.6 Å². The van der Waals surface area contributed by atoms with Crippen LogP contribution in [0.5, 0.6) is 0 Å². The van der Waals surface area contributed by atoms with Crippen molar-refractivity contribution in [1.82, 2.24) is 16.0 Å². The van der Waals surface area contributed by atoms with Gasteiger partial charge in [-0.15, -0.1) is 12.4 Å². The highest BCUT2D eigenvalue weighted by atomic mass is 35.5. The predicted molar refractivity (Wildman–Crippen MR) is 107 cm³/mol. The summed E-state index contributed by atoms with van der Waals surface area (Å²) in [6.45, 7) is 2.10. The molecule has 0 bridgehead atoms. The molecule has 1 aliphatic heterocycles. The van der Waals surface area contributed by atoms with Crippen LogP contribution in [0.1, 0.15) is 31.2 Å². The number of unbranched alkanes of at least 4 members (excludes halogenated alkanes) is 1. The van der Waals surface area contributed by atoms with Gasteiger partial charge >= 0.3 is 6.09 Å². The highest BCUT2D eigenvalue weighted by Gasteiger charge is 2.22. The molecule has 0 unspecified atom stereocenters. The first-order valence-electron chi connectivity index (χ1n) is 8.94. The molecule has 2 amide bonds. The van der Waals surface area contributed by atoms with Gasteiger partial charge in [-0.1, -0.05) is 30.3 Å². The van der Waals surface area contributed by atoms with Gasteiger partial charge < -0.3 is 21.1 Å². The fourth-order valence-corrected chi connectivity index (χ4v) is 2.56. The Morgan fingerprint density at radius 1 is 1.26 bits per heavy atom. The van der Waals surface area contributed by atoms with E-state index in [0.717, 1.165) is 37.8 Å². The van der Waals surface area contributed by atoms with E-state index in [1.807, 2.05) is 30.3 Å². The monoisotopic (exact) mass is 397 g/mol. The van der Waals surface area contributed by atoms with Gasteiger partial charge in [0.1, 0.15) is 6.61 Å². The van der Waals surface area contributed by atoms with E-state index in [2.05, 4.69) is 20.9 Å². The SMILES string of the molecule is Cl.NC(=NCCCCNC(=O)OCc1ccccc1)NC(=O)[C@@H]1CCCN1. The number of hydrogen-bond donors (Lipinski definition) is 4. The lowest BCUT2D eigenvalue weighted by Gasteiger charge is -2.10. The molecule has 0 aliphatic carbocycles. The molecule has 1 aliphatic rings. The smallest absolute Gasteiger partial charge is 0.407 e. The molecule has 5 N–H and O–H groups in total. The molecule has 1 saturated heterocycles. The average Bonchev–Trinajstić information content (AvgIpc) is 3.18. The van der Waals surface area contributed by atoms with Crippen LogP contribution < -0.4 is 21.7 Å². The van der Waals surface area contributed by atoms with E-state index in [-0.39, 0.29) is 36.9 Å². The van der Waals surface area contributed by atoms with E-state index >= 15 is 0 Å². The highest BCUT2D eigenvalue weighted by molar-refractivity contribution is 5.98. The number of carbonyl (C=O) groups is 2. The molecule has 8 nitrogen and oxygen atoms in total. The Labute approximate surface area is 165 Å². The Kier molecular flexibility index (Phi) is 10.9. The molecule has 1 fully saturated rings. The van der Waals surface area contributed by atoms with Crippen molar-refractivity contribution in [2.24, 2.45) is 10.7 Å². The first kappa shape index (κ1) is 22.7.